The number of amides is 4. The molecule has 3 aliphatic heterocycles. The van der Waals surface area contributed by atoms with Crippen LogP contribution in [0.3, 0.4) is 0 Å². The third-order valence-electron chi connectivity index (χ3n) is 12.1. The zero-order valence-electron chi connectivity index (χ0n) is 37.4. The Bertz CT molecular complexity index is 2330. The summed E-state index contributed by atoms with van der Waals surface area (Å²) in [5.74, 6) is -1.59. The molecule has 0 aliphatic carbocycles. The Hall–Kier alpha value is -5.66. The largest absolute Gasteiger partial charge is 0.392 e. The molecule has 65 heavy (non-hydrogen) atoms. The lowest BCUT2D eigenvalue weighted by atomic mass is 9.85. The molecule has 0 radical (unpaired) electrons. The van der Waals surface area contributed by atoms with Gasteiger partial charge in [0, 0.05) is 64.7 Å². The Kier molecular flexibility index (Phi) is 15.4. The molecular formula is C47H59N9O8S. The molecule has 0 bridgehead atoms. The number of aromatic nitrogens is 3. The van der Waals surface area contributed by atoms with E-state index in [9.17, 15) is 34.2 Å². The van der Waals surface area contributed by atoms with Gasteiger partial charge in [-0.3, -0.25) is 28.9 Å². The highest BCUT2D eigenvalue weighted by molar-refractivity contribution is 7.13. The molecular weight excluding hydrogens is 851 g/mol. The molecule has 346 valence electrons. The van der Waals surface area contributed by atoms with Crippen molar-refractivity contribution in [2.24, 2.45) is 5.41 Å². The number of Topliss-reactive ketones (excluding diaryl/α,β-unsaturated/α-hetero) is 1. The maximum absolute atomic E-state index is 14.0. The summed E-state index contributed by atoms with van der Waals surface area (Å²) in [5.41, 5.74) is 6.75. The minimum Gasteiger partial charge on any atom is -0.392 e. The first-order valence-electron chi connectivity index (χ1n) is 22.1. The van der Waals surface area contributed by atoms with E-state index in [1.54, 1.807) is 48.6 Å². The van der Waals surface area contributed by atoms with Crippen LogP contribution in [0.25, 0.3) is 10.4 Å². The average Bonchev–Trinajstić information content (AvgIpc) is 3.89. The van der Waals surface area contributed by atoms with Crippen molar-refractivity contribution in [2.75, 3.05) is 51.3 Å². The number of aliphatic hydroxyl groups excluding tert-OH is 2. The molecule has 5 N–H and O–H groups in total. The predicted molar refractivity (Wildman–Crippen MR) is 243 cm³/mol. The Morgan fingerprint density at radius 1 is 0.969 bits per heavy atom. The van der Waals surface area contributed by atoms with Crippen LogP contribution in [-0.4, -0.2) is 146 Å². The number of carbonyl (C=O) groups excluding carboxylic acids is 5. The summed E-state index contributed by atoms with van der Waals surface area (Å²) in [4.78, 5) is 85.3. The molecule has 5 heterocycles. The lowest BCUT2D eigenvalue weighted by molar-refractivity contribution is -0.146. The van der Waals surface area contributed by atoms with Crippen molar-refractivity contribution in [3.8, 4) is 10.4 Å². The molecule has 2 saturated heterocycles. The van der Waals surface area contributed by atoms with Gasteiger partial charge in [0.05, 0.1) is 34.3 Å². The van der Waals surface area contributed by atoms with Crippen molar-refractivity contribution < 1.29 is 38.9 Å². The van der Waals surface area contributed by atoms with Crippen molar-refractivity contribution in [3.05, 3.63) is 94.5 Å². The highest BCUT2D eigenvalue weighted by Crippen LogP contribution is 2.29. The van der Waals surface area contributed by atoms with Gasteiger partial charge in [-0.15, -0.1) is 11.3 Å². The minimum atomic E-state index is -1.05. The molecule has 0 spiro atoms. The van der Waals surface area contributed by atoms with Gasteiger partial charge in [-0.2, -0.15) is 0 Å². The number of hydrogen-bond donors (Lipinski definition) is 5. The van der Waals surface area contributed by atoms with Gasteiger partial charge in [0.25, 0.3) is 0 Å². The molecule has 18 heteroatoms. The predicted octanol–water partition coefficient (Wildman–Crippen LogP) is 2.74. The van der Waals surface area contributed by atoms with Crippen molar-refractivity contribution >= 4 is 46.6 Å². The van der Waals surface area contributed by atoms with Gasteiger partial charge in [0.2, 0.25) is 23.6 Å². The van der Waals surface area contributed by atoms with E-state index in [1.165, 1.54) is 22.4 Å². The van der Waals surface area contributed by atoms with E-state index >= 15 is 0 Å². The van der Waals surface area contributed by atoms with E-state index in [0.717, 1.165) is 41.2 Å². The SMILES string of the molecule is Cc1ncsc1-c1ccc(CNC(=O)[C@@H]2C[C@@H](O)CN2C(=O)[C@@H](NC(=O)COCC(=O)N2CC(Nc3cc(C(=O)CC[C@H](O)CN4CCc5ccccc5C4)ncn3)C2)C(C)(C)C)cc1. The van der Waals surface area contributed by atoms with E-state index in [4.69, 9.17) is 4.74 Å². The maximum atomic E-state index is 14.0. The number of anilines is 1. The summed E-state index contributed by atoms with van der Waals surface area (Å²) in [6.07, 6.45) is 1.22. The third-order valence-corrected chi connectivity index (χ3v) is 13.1. The molecule has 4 aromatic rings. The number of β-amino-alcohol motifs (C(OH)–C–C–N with tert-alkyl or cyclic N) is 2. The second-order valence-electron chi connectivity index (χ2n) is 18.2. The fourth-order valence-corrected chi connectivity index (χ4v) is 9.21. The van der Waals surface area contributed by atoms with Crippen molar-refractivity contribution in [3.63, 3.8) is 0 Å². The number of rotatable bonds is 18. The molecule has 2 aromatic carbocycles. The smallest absolute Gasteiger partial charge is 0.248 e. The Labute approximate surface area is 383 Å². The molecule has 0 unspecified atom stereocenters. The number of fused-ring (bicyclic) bond motifs is 1. The van der Waals surface area contributed by atoms with Gasteiger partial charge >= 0.3 is 0 Å². The Morgan fingerprint density at radius 3 is 2.45 bits per heavy atom. The number of thiazole rings is 1. The molecule has 4 amide bonds. The van der Waals surface area contributed by atoms with Gasteiger partial charge in [0.15, 0.2) is 5.78 Å². The number of nitrogens with one attached hydrogen (secondary N) is 3. The Morgan fingerprint density at radius 2 is 1.72 bits per heavy atom. The standard InChI is InChI=1S/C47H59N9O8S/c1-29-43(65-28-51-29)32-11-9-30(10-12-32)19-48-45(62)38-17-36(58)24-56(38)46(63)44(47(2,3)4)53-41(60)25-64-26-42(61)55-21-34(22-55)52-40-18-37(49-27-50-40)39(59)14-13-35(57)23-54-16-15-31-7-5-6-8-33(31)20-54/h5-12,18,27-28,34-36,38,44,57-58H,13-17,19-26H2,1-4H3,(H,48,62)(H,53,60)(H,49,50,52)/t35-,36+,38-,44+/m0/s1. The van der Waals surface area contributed by atoms with E-state index in [2.05, 4.69) is 47.9 Å². The summed E-state index contributed by atoms with van der Waals surface area (Å²) in [6, 6.07) is 15.6. The first kappa shape index (κ1) is 47.3. The fraction of sp³-hybridized carbons (Fsp3) is 0.489. The van der Waals surface area contributed by atoms with Gasteiger partial charge in [-0.05, 0) is 47.4 Å². The lowest BCUT2D eigenvalue weighted by Gasteiger charge is -2.39. The number of nitrogens with zero attached hydrogens (tertiary/aromatic N) is 6. The van der Waals surface area contributed by atoms with Crippen LogP contribution in [0, 0.1) is 12.3 Å². The first-order chi connectivity index (χ1) is 31.1. The van der Waals surface area contributed by atoms with Crippen LogP contribution in [0.15, 0.2) is 66.4 Å². The van der Waals surface area contributed by atoms with Gasteiger partial charge in [0.1, 0.15) is 43.1 Å². The third kappa shape index (κ3) is 12.4. The van der Waals surface area contributed by atoms with E-state index in [-0.39, 0.29) is 56.0 Å². The van der Waals surface area contributed by atoms with E-state index < -0.39 is 54.0 Å². The van der Waals surface area contributed by atoms with Crippen LogP contribution in [0.5, 0.6) is 0 Å². The van der Waals surface area contributed by atoms with E-state index in [1.807, 2.05) is 43.3 Å². The zero-order chi connectivity index (χ0) is 46.3. The highest BCUT2D eigenvalue weighted by atomic mass is 32.1. The molecule has 0 saturated carbocycles. The van der Waals surface area contributed by atoms with Gasteiger partial charge in [-0.1, -0.05) is 69.3 Å². The number of aryl methyl sites for hydroxylation is 1. The number of ketones is 1. The fourth-order valence-electron chi connectivity index (χ4n) is 8.40. The quantitative estimate of drug-likeness (QED) is 0.0909. The second-order valence-corrected chi connectivity index (χ2v) is 19.1. The summed E-state index contributed by atoms with van der Waals surface area (Å²) in [5, 5.41) is 30.1. The number of likely N-dealkylation sites (tertiary alicyclic amines) is 2. The second kappa shape index (κ2) is 21.1. The zero-order valence-corrected chi connectivity index (χ0v) is 38.2. The Balaban J connectivity index is 0.810. The van der Waals surface area contributed by atoms with Crippen LogP contribution < -0.4 is 16.0 Å². The summed E-state index contributed by atoms with van der Waals surface area (Å²) >= 11 is 1.56. The lowest BCUT2D eigenvalue weighted by Crippen LogP contribution is -2.58. The minimum absolute atomic E-state index is 0.0593. The van der Waals surface area contributed by atoms with Crippen LogP contribution in [0.2, 0.25) is 0 Å². The van der Waals surface area contributed by atoms with Gasteiger partial charge in [-0.25, -0.2) is 15.0 Å². The summed E-state index contributed by atoms with van der Waals surface area (Å²) < 4.78 is 5.48. The number of carbonyl (C=O) groups is 5. The maximum Gasteiger partial charge on any atom is 0.248 e. The normalized spacial score (nSPS) is 18.6. The van der Waals surface area contributed by atoms with Crippen LogP contribution >= 0.6 is 11.3 Å². The van der Waals surface area contributed by atoms with Crippen molar-refractivity contribution in [1.29, 1.82) is 0 Å². The number of benzene rings is 2. The monoisotopic (exact) mass is 909 g/mol. The number of ether oxygens (including phenoxy) is 1. The van der Waals surface area contributed by atoms with E-state index in [0.29, 0.717) is 31.9 Å². The summed E-state index contributed by atoms with van der Waals surface area (Å²) in [7, 11) is 0. The van der Waals surface area contributed by atoms with Crippen molar-refractivity contribution in [2.45, 2.75) is 96.8 Å². The number of aliphatic hydroxyl groups is 2. The van der Waals surface area contributed by atoms with Crippen molar-refractivity contribution in [1.82, 2.24) is 40.3 Å². The molecule has 17 nitrogen and oxygen atoms in total. The number of hydrogen-bond acceptors (Lipinski definition) is 14. The average molecular weight is 910 g/mol. The topological polar surface area (TPSA) is 220 Å². The molecule has 2 aromatic heterocycles. The molecule has 7 rings (SSSR count). The van der Waals surface area contributed by atoms with Crippen LogP contribution in [0.1, 0.15) is 72.9 Å². The molecule has 2 fully saturated rings. The van der Waals surface area contributed by atoms with Gasteiger partial charge < -0.3 is 40.7 Å². The summed E-state index contributed by atoms with van der Waals surface area (Å²) in [6.45, 7) is 9.50. The first-order valence-corrected chi connectivity index (χ1v) is 23.0. The van der Waals surface area contributed by atoms with Crippen LogP contribution in [-0.2, 0) is 43.4 Å². The molecule has 4 atom stereocenters. The van der Waals surface area contributed by atoms with Crippen LogP contribution in [0.4, 0.5) is 5.82 Å². The highest BCUT2D eigenvalue weighted by Gasteiger charge is 2.44. The molecule has 3 aliphatic rings.